The zero-order chi connectivity index (χ0) is 19.8. The van der Waals surface area contributed by atoms with Gasteiger partial charge >= 0.3 is 5.97 Å². The molecule has 2 aliphatic rings. The van der Waals surface area contributed by atoms with Gasteiger partial charge in [-0.2, -0.15) is 0 Å². The predicted octanol–water partition coefficient (Wildman–Crippen LogP) is 1.55. The molecule has 9 nitrogen and oxygen atoms in total. The summed E-state index contributed by atoms with van der Waals surface area (Å²) < 4.78 is 9.09. The molecule has 29 heavy (non-hydrogen) atoms. The summed E-state index contributed by atoms with van der Waals surface area (Å²) in [5.41, 5.74) is 1.85. The number of imidazole rings is 1. The molecule has 1 aromatic carbocycles. The first-order chi connectivity index (χ1) is 14.2. The number of aromatic nitrogens is 5. The van der Waals surface area contributed by atoms with Crippen molar-refractivity contribution in [3.63, 3.8) is 0 Å². The molecule has 0 bridgehead atoms. The molecule has 0 spiro atoms. The Morgan fingerprint density at radius 1 is 1.17 bits per heavy atom. The van der Waals surface area contributed by atoms with Gasteiger partial charge in [-0.25, -0.2) is 9.67 Å². The average Bonchev–Trinajstić information content (AvgIpc) is 3.49. The van der Waals surface area contributed by atoms with E-state index < -0.39 is 6.10 Å². The Morgan fingerprint density at radius 3 is 2.79 bits per heavy atom. The summed E-state index contributed by atoms with van der Waals surface area (Å²) in [6.07, 6.45) is 5.67. The molecule has 1 amide bonds. The number of benzene rings is 1. The van der Waals surface area contributed by atoms with Crippen molar-refractivity contribution < 1.29 is 14.3 Å². The summed E-state index contributed by atoms with van der Waals surface area (Å²) in [5, 5.41) is 8.48. The van der Waals surface area contributed by atoms with Crippen molar-refractivity contribution in [2.24, 2.45) is 0 Å². The van der Waals surface area contributed by atoms with E-state index in [1.54, 1.807) is 0 Å². The standard InChI is InChI=1S/C20H22N6O3/c27-18-6-5-17(29-18)20(28)24-10-7-14(8-11-24)19-21-9-12-25(19)13-26-16-4-2-1-3-15(16)22-23-26/h1-4,9,12,14,17H,5-8,10-11,13H2. The zero-order valence-corrected chi connectivity index (χ0v) is 16.0. The number of hydrogen-bond acceptors (Lipinski definition) is 6. The Hall–Kier alpha value is -3.23. The number of piperidine rings is 1. The third-order valence-electron chi connectivity index (χ3n) is 5.79. The van der Waals surface area contributed by atoms with Crippen LogP contribution >= 0.6 is 0 Å². The van der Waals surface area contributed by atoms with Gasteiger partial charge in [0.1, 0.15) is 18.0 Å². The van der Waals surface area contributed by atoms with Gasteiger partial charge in [-0.05, 0) is 25.0 Å². The fourth-order valence-electron chi connectivity index (χ4n) is 4.23. The molecule has 3 aromatic rings. The molecule has 0 radical (unpaired) electrons. The van der Waals surface area contributed by atoms with Gasteiger partial charge in [0.2, 0.25) is 0 Å². The SMILES string of the molecule is O=C1CCC(C(=O)N2CCC(c3nccn3Cn3nnc4ccccc43)CC2)O1. The molecule has 0 aliphatic carbocycles. The molecular formula is C20H22N6O3. The normalized spacial score (nSPS) is 20.3. The molecule has 9 heteroatoms. The Balaban J connectivity index is 1.26. The monoisotopic (exact) mass is 394 g/mol. The smallest absolute Gasteiger partial charge is 0.306 e. The summed E-state index contributed by atoms with van der Waals surface area (Å²) in [7, 11) is 0. The van der Waals surface area contributed by atoms with Gasteiger partial charge in [-0.3, -0.25) is 9.59 Å². The third-order valence-corrected chi connectivity index (χ3v) is 5.79. The number of fused-ring (bicyclic) bond motifs is 1. The van der Waals surface area contributed by atoms with Crippen LogP contribution in [0.5, 0.6) is 0 Å². The molecule has 2 aromatic heterocycles. The molecule has 1 atom stereocenters. The lowest BCUT2D eigenvalue weighted by molar-refractivity contribution is -0.153. The van der Waals surface area contributed by atoms with Crippen LogP contribution in [0.3, 0.4) is 0 Å². The van der Waals surface area contributed by atoms with E-state index in [0.717, 1.165) is 29.7 Å². The van der Waals surface area contributed by atoms with Crippen molar-refractivity contribution in [3.05, 3.63) is 42.5 Å². The minimum absolute atomic E-state index is 0.0632. The lowest BCUT2D eigenvalue weighted by Crippen LogP contribution is -2.43. The number of likely N-dealkylation sites (tertiary alicyclic amines) is 1. The summed E-state index contributed by atoms with van der Waals surface area (Å²) in [4.78, 5) is 30.2. The summed E-state index contributed by atoms with van der Waals surface area (Å²) in [6, 6.07) is 7.88. The first-order valence-corrected chi connectivity index (χ1v) is 9.96. The molecule has 1 unspecified atom stereocenters. The quantitative estimate of drug-likeness (QED) is 0.623. The van der Waals surface area contributed by atoms with Crippen molar-refractivity contribution in [3.8, 4) is 0 Å². The number of ether oxygens (including phenoxy) is 1. The maximum atomic E-state index is 12.6. The lowest BCUT2D eigenvalue weighted by Gasteiger charge is -2.33. The van der Waals surface area contributed by atoms with Crippen LogP contribution in [0.1, 0.15) is 37.4 Å². The van der Waals surface area contributed by atoms with Gasteiger partial charge in [-0.1, -0.05) is 17.3 Å². The number of hydrogen-bond donors (Lipinski definition) is 0. The Bertz CT molecular complexity index is 1050. The second-order valence-corrected chi connectivity index (χ2v) is 7.59. The van der Waals surface area contributed by atoms with Crippen molar-refractivity contribution in [2.45, 2.75) is 44.4 Å². The van der Waals surface area contributed by atoms with Crippen LogP contribution in [0.15, 0.2) is 36.7 Å². The highest BCUT2D eigenvalue weighted by atomic mass is 16.6. The first-order valence-electron chi connectivity index (χ1n) is 9.96. The van der Waals surface area contributed by atoms with Crippen LogP contribution in [0.4, 0.5) is 0 Å². The molecule has 2 aliphatic heterocycles. The molecule has 5 rings (SSSR count). The Morgan fingerprint density at radius 2 is 2.00 bits per heavy atom. The summed E-state index contributed by atoms with van der Waals surface area (Å²) in [6.45, 7) is 1.85. The molecule has 0 N–H and O–H groups in total. The number of nitrogens with zero attached hydrogens (tertiary/aromatic N) is 6. The molecule has 2 fully saturated rings. The van der Waals surface area contributed by atoms with E-state index in [4.69, 9.17) is 4.74 Å². The minimum Gasteiger partial charge on any atom is -0.452 e. The van der Waals surface area contributed by atoms with Gasteiger partial charge < -0.3 is 14.2 Å². The number of carbonyl (C=O) groups excluding carboxylic acids is 2. The van der Waals surface area contributed by atoms with Crippen LogP contribution < -0.4 is 0 Å². The van der Waals surface area contributed by atoms with E-state index >= 15 is 0 Å². The molecule has 0 saturated carbocycles. The fourth-order valence-corrected chi connectivity index (χ4v) is 4.23. The van der Waals surface area contributed by atoms with Crippen LogP contribution in [0, 0.1) is 0 Å². The van der Waals surface area contributed by atoms with Crippen molar-refractivity contribution in [1.82, 2.24) is 29.4 Å². The van der Waals surface area contributed by atoms with Crippen molar-refractivity contribution in [1.29, 1.82) is 0 Å². The average molecular weight is 394 g/mol. The molecule has 4 heterocycles. The topological polar surface area (TPSA) is 95.1 Å². The fraction of sp³-hybridized carbons (Fsp3) is 0.450. The third kappa shape index (κ3) is 3.37. The number of carbonyl (C=O) groups is 2. The van der Waals surface area contributed by atoms with Crippen molar-refractivity contribution >= 4 is 22.9 Å². The number of amides is 1. The van der Waals surface area contributed by atoms with Gasteiger partial charge in [0.25, 0.3) is 5.91 Å². The molecule has 150 valence electrons. The highest BCUT2D eigenvalue weighted by molar-refractivity contribution is 5.86. The number of para-hydroxylation sites is 1. The highest BCUT2D eigenvalue weighted by Crippen LogP contribution is 2.28. The predicted molar refractivity (Wildman–Crippen MR) is 103 cm³/mol. The van der Waals surface area contributed by atoms with Crippen LogP contribution in [0.2, 0.25) is 0 Å². The number of esters is 1. The van der Waals surface area contributed by atoms with Crippen LogP contribution in [-0.2, 0) is 21.0 Å². The maximum absolute atomic E-state index is 12.6. The zero-order valence-electron chi connectivity index (χ0n) is 16.0. The first kappa shape index (κ1) is 17.8. The summed E-state index contributed by atoms with van der Waals surface area (Å²) in [5.74, 6) is 0.937. The van der Waals surface area contributed by atoms with E-state index in [1.807, 2.05) is 46.2 Å². The van der Waals surface area contributed by atoms with Gasteiger partial charge in [0, 0.05) is 44.2 Å². The van der Waals surface area contributed by atoms with Crippen LogP contribution in [0.25, 0.3) is 11.0 Å². The minimum atomic E-state index is -0.596. The van der Waals surface area contributed by atoms with E-state index in [1.165, 1.54) is 0 Å². The largest absolute Gasteiger partial charge is 0.452 e. The van der Waals surface area contributed by atoms with E-state index in [2.05, 4.69) is 19.9 Å². The Kier molecular flexibility index (Phi) is 4.49. The van der Waals surface area contributed by atoms with E-state index in [0.29, 0.717) is 32.6 Å². The molecular weight excluding hydrogens is 372 g/mol. The second-order valence-electron chi connectivity index (χ2n) is 7.59. The van der Waals surface area contributed by atoms with E-state index in [9.17, 15) is 9.59 Å². The second kappa shape index (κ2) is 7.31. The van der Waals surface area contributed by atoms with Gasteiger partial charge in [0.15, 0.2) is 6.10 Å². The molecule has 2 saturated heterocycles. The maximum Gasteiger partial charge on any atom is 0.306 e. The highest BCUT2D eigenvalue weighted by Gasteiger charge is 2.35. The van der Waals surface area contributed by atoms with Gasteiger partial charge in [-0.15, -0.1) is 5.10 Å². The van der Waals surface area contributed by atoms with Crippen LogP contribution in [-0.4, -0.2) is 60.5 Å². The Labute approximate surface area is 167 Å². The van der Waals surface area contributed by atoms with E-state index in [-0.39, 0.29) is 17.8 Å². The van der Waals surface area contributed by atoms with Crippen molar-refractivity contribution in [2.75, 3.05) is 13.1 Å². The number of rotatable bonds is 4. The van der Waals surface area contributed by atoms with Gasteiger partial charge in [0.05, 0.1) is 5.52 Å². The summed E-state index contributed by atoms with van der Waals surface area (Å²) >= 11 is 0. The number of cyclic esters (lactones) is 1. The lowest BCUT2D eigenvalue weighted by atomic mass is 9.95.